The standard InChI is InChI=1S/C12H19NO2/c1-14-9-12(10-4-5-10)13-7-6-11-3-2-8-15-11/h2-3,8,10,12-13H,4-7,9H2,1H3. The van der Waals surface area contributed by atoms with Gasteiger partial charge in [0.2, 0.25) is 0 Å². The summed E-state index contributed by atoms with van der Waals surface area (Å²) in [5.41, 5.74) is 0. The van der Waals surface area contributed by atoms with E-state index in [0.717, 1.165) is 31.3 Å². The van der Waals surface area contributed by atoms with Crippen LogP contribution in [-0.2, 0) is 11.2 Å². The molecule has 0 amide bonds. The number of hydrogen-bond donors (Lipinski definition) is 1. The monoisotopic (exact) mass is 209 g/mol. The molecule has 1 aromatic rings. The molecular weight excluding hydrogens is 190 g/mol. The van der Waals surface area contributed by atoms with E-state index in [4.69, 9.17) is 9.15 Å². The number of rotatable bonds is 7. The van der Waals surface area contributed by atoms with Crippen molar-refractivity contribution < 1.29 is 9.15 Å². The normalized spacial score (nSPS) is 17.9. The van der Waals surface area contributed by atoms with Gasteiger partial charge in [-0.15, -0.1) is 0 Å². The van der Waals surface area contributed by atoms with Gasteiger partial charge in [-0.05, 0) is 30.9 Å². The Morgan fingerprint density at radius 2 is 2.47 bits per heavy atom. The van der Waals surface area contributed by atoms with Crippen molar-refractivity contribution in [3.8, 4) is 0 Å². The molecule has 15 heavy (non-hydrogen) atoms. The highest BCUT2D eigenvalue weighted by molar-refractivity contribution is 4.98. The van der Waals surface area contributed by atoms with Gasteiger partial charge in [0.15, 0.2) is 0 Å². The maximum atomic E-state index is 5.28. The smallest absolute Gasteiger partial charge is 0.105 e. The molecule has 3 nitrogen and oxygen atoms in total. The molecule has 1 unspecified atom stereocenters. The summed E-state index contributed by atoms with van der Waals surface area (Å²) in [6.07, 6.45) is 5.38. The Hall–Kier alpha value is -0.800. The third-order valence-electron chi connectivity index (χ3n) is 2.90. The Bertz CT molecular complexity index is 267. The molecule has 1 atom stereocenters. The van der Waals surface area contributed by atoms with E-state index in [1.807, 2.05) is 12.1 Å². The van der Waals surface area contributed by atoms with Gasteiger partial charge in [-0.3, -0.25) is 0 Å². The van der Waals surface area contributed by atoms with Crippen LogP contribution in [-0.4, -0.2) is 26.3 Å². The van der Waals surface area contributed by atoms with Gasteiger partial charge >= 0.3 is 0 Å². The van der Waals surface area contributed by atoms with Gasteiger partial charge < -0.3 is 14.5 Å². The molecule has 2 rings (SSSR count). The van der Waals surface area contributed by atoms with Crippen LogP contribution in [0.2, 0.25) is 0 Å². The van der Waals surface area contributed by atoms with Gasteiger partial charge in [0.25, 0.3) is 0 Å². The lowest BCUT2D eigenvalue weighted by molar-refractivity contribution is 0.157. The van der Waals surface area contributed by atoms with Gasteiger partial charge in [-0.1, -0.05) is 0 Å². The van der Waals surface area contributed by atoms with E-state index in [1.54, 1.807) is 13.4 Å². The Balaban J connectivity index is 1.66. The van der Waals surface area contributed by atoms with E-state index >= 15 is 0 Å². The molecule has 1 N–H and O–H groups in total. The third kappa shape index (κ3) is 3.36. The minimum atomic E-state index is 0.532. The molecule has 0 radical (unpaired) electrons. The van der Waals surface area contributed by atoms with Gasteiger partial charge in [-0.25, -0.2) is 0 Å². The van der Waals surface area contributed by atoms with Gasteiger partial charge in [0.05, 0.1) is 12.9 Å². The maximum Gasteiger partial charge on any atom is 0.105 e. The Labute approximate surface area is 90.8 Å². The molecule has 84 valence electrons. The van der Waals surface area contributed by atoms with E-state index < -0.39 is 0 Å². The fraction of sp³-hybridized carbons (Fsp3) is 0.667. The zero-order valence-corrected chi connectivity index (χ0v) is 9.24. The van der Waals surface area contributed by atoms with Crippen molar-refractivity contribution in [2.75, 3.05) is 20.3 Å². The minimum absolute atomic E-state index is 0.532. The highest BCUT2D eigenvalue weighted by atomic mass is 16.5. The summed E-state index contributed by atoms with van der Waals surface area (Å²) in [5.74, 6) is 1.89. The van der Waals surface area contributed by atoms with Crippen LogP contribution in [0.15, 0.2) is 22.8 Å². The lowest BCUT2D eigenvalue weighted by Gasteiger charge is -2.16. The second-order valence-corrected chi connectivity index (χ2v) is 4.18. The minimum Gasteiger partial charge on any atom is -0.469 e. The molecule has 1 saturated carbocycles. The van der Waals surface area contributed by atoms with E-state index in [-0.39, 0.29) is 0 Å². The molecule has 0 spiro atoms. The lowest BCUT2D eigenvalue weighted by atomic mass is 10.2. The number of furan rings is 1. The van der Waals surface area contributed by atoms with Crippen molar-refractivity contribution in [3.05, 3.63) is 24.2 Å². The van der Waals surface area contributed by atoms with Gasteiger partial charge in [0.1, 0.15) is 5.76 Å². The van der Waals surface area contributed by atoms with Gasteiger partial charge in [0, 0.05) is 26.1 Å². The zero-order chi connectivity index (χ0) is 10.5. The highest BCUT2D eigenvalue weighted by Gasteiger charge is 2.30. The molecule has 0 aliphatic heterocycles. The molecule has 1 heterocycles. The summed E-state index contributed by atoms with van der Waals surface area (Å²) in [4.78, 5) is 0. The second-order valence-electron chi connectivity index (χ2n) is 4.18. The van der Waals surface area contributed by atoms with E-state index in [1.165, 1.54) is 12.8 Å². The summed E-state index contributed by atoms with van der Waals surface area (Å²) in [7, 11) is 1.77. The molecular formula is C12H19NO2. The van der Waals surface area contributed by atoms with Crippen LogP contribution >= 0.6 is 0 Å². The number of hydrogen-bond acceptors (Lipinski definition) is 3. The van der Waals surface area contributed by atoms with Crippen LogP contribution < -0.4 is 5.32 Å². The molecule has 3 heteroatoms. The van der Waals surface area contributed by atoms with Crippen LogP contribution in [0, 0.1) is 5.92 Å². The molecule has 1 aliphatic rings. The summed E-state index contributed by atoms with van der Waals surface area (Å²) in [5, 5.41) is 3.54. The molecule has 0 aromatic carbocycles. The average Bonchev–Trinajstić information content (AvgIpc) is 2.96. The van der Waals surface area contributed by atoms with Crippen molar-refractivity contribution in [1.29, 1.82) is 0 Å². The quantitative estimate of drug-likeness (QED) is 0.744. The van der Waals surface area contributed by atoms with Crippen LogP contribution in [0.5, 0.6) is 0 Å². The predicted octanol–water partition coefficient (Wildman–Crippen LogP) is 1.84. The van der Waals surface area contributed by atoms with E-state index in [9.17, 15) is 0 Å². The van der Waals surface area contributed by atoms with Crippen LogP contribution in [0.4, 0.5) is 0 Å². The van der Waals surface area contributed by atoms with Crippen molar-refractivity contribution >= 4 is 0 Å². The first-order valence-electron chi connectivity index (χ1n) is 5.65. The van der Waals surface area contributed by atoms with Crippen LogP contribution in [0.3, 0.4) is 0 Å². The van der Waals surface area contributed by atoms with Crippen LogP contribution in [0.25, 0.3) is 0 Å². The molecule has 0 bridgehead atoms. The zero-order valence-electron chi connectivity index (χ0n) is 9.24. The largest absolute Gasteiger partial charge is 0.469 e. The molecule has 1 fully saturated rings. The van der Waals surface area contributed by atoms with Gasteiger partial charge in [-0.2, -0.15) is 0 Å². The summed E-state index contributed by atoms with van der Waals surface area (Å²) in [6.45, 7) is 1.79. The first-order chi connectivity index (χ1) is 7.40. The fourth-order valence-corrected chi connectivity index (χ4v) is 1.88. The number of methoxy groups -OCH3 is 1. The molecule has 1 aromatic heterocycles. The third-order valence-corrected chi connectivity index (χ3v) is 2.90. The lowest BCUT2D eigenvalue weighted by Crippen LogP contribution is -2.36. The Morgan fingerprint density at radius 1 is 1.60 bits per heavy atom. The van der Waals surface area contributed by atoms with Crippen molar-refractivity contribution in [2.24, 2.45) is 5.92 Å². The average molecular weight is 209 g/mol. The predicted molar refractivity (Wildman–Crippen MR) is 58.8 cm³/mol. The fourth-order valence-electron chi connectivity index (χ4n) is 1.88. The number of nitrogens with one attached hydrogen (secondary N) is 1. The first kappa shape index (κ1) is 10.7. The van der Waals surface area contributed by atoms with Crippen molar-refractivity contribution in [1.82, 2.24) is 5.32 Å². The number of ether oxygens (including phenoxy) is 1. The van der Waals surface area contributed by atoms with E-state index in [2.05, 4.69) is 5.32 Å². The van der Waals surface area contributed by atoms with Crippen molar-refractivity contribution in [3.63, 3.8) is 0 Å². The SMILES string of the molecule is COCC(NCCc1ccco1)C1CC1. The van der Waals surface area contributed by atoms with Crippen molar-refractivity contribution in [2.45, 2.75) is 25.3 Å². The summed E-state index contributed by atoms with van der Waals surface area (Å²) in [6, 6.07) is 4.48. The van der Waals surface area contributed by atoms with E-state index in [0.29, 0.717) is 6.04 Å². The summed E-state index contributed by atoms with van der Waals surface area (Å²) < 4.78 is 10.5. The maximum absolute atomic E-state index is 5.28. The molecule has 1 aliphatic carbocycles. The summed E-state index contributed by atoms with van der Waals surface area (Å²) >= 11 is 0. The topological polar surface area (TPSA) is 34.4 Å². The second kappa shape index (κ2) is 5.33. The first-order valence-corrected chi connectivity index (χ1v) is 5.65. The highest BCUT2D eigenvalue weighted by Crippen LogP contribution is 2.32. The van der Waals surface area contributed by atoms with Crippen LogP contribution in [0.1, 0.15) is 18.6 Å². The Morgan fingerprint density at radius 3 is 3.07 bits per heavy atom. The Kier molecular flexibility index (Phi) is 3.80. The molecule has 0 saturated heterocycles.